The van der Waals surface area contributed by atoms with Crippen LogP contribution in [0.4, 0.5) is 0 Å². The topological polar surface area (TPSA) is 44.1 Å². The van der Waals surface area contributed by atoms with Gasteiger partial charge in [-0.05, 0) is 25.3 Å². The van der Waals surface area contributed by atoms with Crippen molar-refractivity contribution in [2.24, 2.45) is 0 Å². The molecule has 1 aliphatic rings. The third-order valence-electron chi connectivity index (χ3n) is 2.20. The van der Waals surface area contributed by atoms with Gasteiger partial charge in [0.25, 0.3) is 0 Å². The van der Waals surface area contributed by atoms with Crippen molar-refractivity contribution in [3.63, 3.8) is 0 Å². The normalized spacial score (nSPS) is 22.9. The van der Waals surface area contributed by atoms with Crippen LogP contribution in [0.1, 0.15) is 36.0 Å². The molecule has 2 rings (SSSR count). The summed E-state index contributed by atoms with van der Waals surface area (Å²) in [6.45, 7) is 0.793. The number of aldehydes is 1. The van der Waals surface area contributed by atoms with Gasteiger partial charge in [-0.1, -0.05) is 0 Å². The van der Waals surface area contributed by atoms with Crippen molar-refractivity contribution >= 4 is 6.29 Å². The SMILES string of the molecule is O=Cc1ccn([C@@H]2CCCCO2)n1. The van der Waals surface area contributed by atoms with Crippen LogP contribution in [0.3, 0.4) is 0 Å². The second kappa shape index (κ2) is 3.70. The zero-order valence-corrected chi connectivity index (χ0v) is 7.35. The first-order chi connectivity index (χ1) is 6.40. The summed E-state index contributed by atoms with van der Waals surface area (Å²) >= 11 is 0. The van der Waals surface area contributed by atoms with Gasteiger partial charge in [0.15, 0.2) is 6.29 Å². The van der Waals surface area contributed by atoms with Gasteiger partial charge < -0.3 is 4.74 Å². The van der Waals surface area contributed by atoms with E-state index in [-0.39, 0.29) is 6.23 Å². The molecule has 0 saturated carbocycles. The molecule has 2 heterocycles. The summed E-state index contributed by atoms with van der Waals surface area (Å²) in [5.41, 5.74) is 0.467. The average molecular weight is 180 g/mol. The first-order valence-corrected chi connectivity index (χ1v) is 4.52. The zero-order chi connectivity index (χ0) is 9.10. The Labute approximate surface area is 76.5 Å². The number of nitrogens with zero attached hydrogens (tertiary/aromatic N) is 2. The maximum absolute atomic E-state index is 10.4. The highest BCUT2D eigenvalue weighted by Crippen LogP contribution is 2.21. The van der Waals surface area contributed by atoms with Gasteiger partial charge in [-0.25, -0.2) is 4.68 Å². The van der Waals surface area contributed by atoms with E-state index in [1.807, 2.05) is 0 Å². The van der Waals surface area contributed by atoms with Crippen LogP contribution in [-0.2, 0) is 4.74 Å². The van der Waals surface area contributed by atoms with Crippen LogP contribution in [0.15, 0.2) is 12.3 Å². The van der Waals surface area contributed by atoms with Gasteiger partial charge >= 0.3 is 0 Å². The molecule has 0 aliphatic carbocycles. The first kappa shape index (κ1) is 8.44. The standard InChI is InChI=1S/C9H12N2O2/c12-7-8-4-5-11(10-8)9-3-1-2-6-13-9/h4-5,7,9H,1-3,6H2/t9-/m0/s1. The minimum atomic E-state index is 0.0300. The Bertz CT molecular complexity index is 290. The lowest BCUT2D eigenvalue weighted by molar-refractivity contribution is -0.0395. The lowest BCUT2D eigenvalue weighted by Gasteiger charge is -2.22. The number of carbonyl (C=O) groups excluding carboxylic acids is 1. The number of carbonyl (C=O) groups is 1. The second-order valence-electron chi connectivity index (χ2n) is 3.16. The maximum atomic E-state index is 10.4. The summed E-state index contributed by atoms with van der Waals surface area (Å²) < 4.78 is 7.23. The van der Waals surface area contributed by atoms with Crippen molar-refractivity contribution < 1.29 is 9.53 Å². The fourth-order valence-corrected chi connectivity index (χ4v) is 1.51. The molecule has 1 aromatic heterocycles. The number of aromatic nitrogens is 2. The van der Waals surface area contributed by atoms with E-state index in [2.05, 4.69) is 5.10 Å². The minimum absolute atomic E-state index is 0.0300. The van der Waals surface area contributed by atoms with E-state index in [0.717, 1.165) is 25.7 Å². The third kappa shape index (κ3) is 1.78. The Balaban J connectivity index is 2.09. The highest BCUT2D eigenvalue weighted by atomic mass is 16.5. The smallest absolute Gasteiger partial charge is 0.170 e. The molecule has 1 saturated heterocycles. The molecule has 4 nitrogen and oxygen atoms in total. The maximum Gasteiger partial charge on any atom is 0.170 e. The fourth-order valence-electron chi connectivity index (χ4n) is 1.51. The number of rotatable bonds is 2. The fraction of sp³-hybridized carbons (Fsp3) is 0.556. The quantitative estimate of drug-likeness (QED) is 0.646. The Morgan fingerprint density at radius 2 is 2.54 bits per heavy atom. The summed E-state index contributed by atoms with van der Waals surface area (Å²) in [6, 6.07) is 1.70. The van der Waals surface area contributed by atoms with Gasteiger partial charge in [0.1, 0.15) is 11.9 Å². The summed E-state index contributed by atoms with van der Waals surface area (Å²) in [6.07, 6.45) is 5.85. The highest BCUT2D eigenvalue weighted by Gasteiger charge is 2.15. The molecule has 1 fully saturated rings. The van der Waals surface area contributed by atoms with Crippen molar-refractivity contribution in [2.75, 3.05) is 6.61 Å². The molecule has 0 N–H and O–H groups in total. The predicted molar refractivity (Wildman–Crippen MR) is 46.5 cm³/mol. The summed E-state index contributed by atoms with van der Waals surface area (Å²) in [7, 11) is 0. The van der Waals surface area contributed by atoms with E-state index in [9.17, 15) is 4.79 Å². The van der Waals surface area contributed by atoms with Crippen LogP contribution < -0.4 is 0 Å². The lowest BCUT2D eigenvalue weighted by atomic mass is 10.2. The molecule has 0 spiro atoms. The Kier molecular flexibility index (Phi) is 2.40. The molecule has 0 amide bonds. The molecule has 70 valence electrons. The number of ether oxygens (including phenoxy) is 1. The van der Waals surface area contributed by atoms with Crippen molar-refractivity contribution in [3.05, 3.63) is 18.0 Å². The van der Waals surface area contributed by atoms with Crippen molar-refractivity contribution in [1.29, 1.82) is 0 Å². The van der Waals surface area contributed by atoms with Crippen LogP contribution >= 0.6 is 0 Å². The number of hydrogen-bond acceptors (Lipinski definition) is 3. The van der Waals surface area contributed by atoms with Gasteiger partial charge in [-0.3, -0.25) is 4.79 Å². The zero-order valence-electron chi connectivity index (χ0n) is 7.35. The predicted octanol–water partition coefficient (Wildman–Crippen LogP) is 1.39. The minimum Gasteiger partial charge on any atom is -0.357 e. The van der Waals surface area contributed by atoms with Gasteiger partial charge in [-0.2, -0.15) is 5.10 Å². The Morgan fingerprint density at radius 1 is 1.62 bits per heavy atom. The Hall–Kier alpha value is -1.16. The van der Waals surface area contributed by atoms with Crippen LogP contribution in [0.2, 0.25) is 0 Å². The third-order valence-corrected chi connectivity index (χ3v) is 2.20. The van der Waals surface area contributed by atoms with Gasteiger partial charge in [0, 0.05) is 12.8 Å². The first-order valence-electron chi connectivity index (χ1n) is 4.52. The second-order valence-corrected chi connectivity index (χ2v) is 3.16. The van der Waals surface area contributed by atoms with Crippen LogP contribution in [0.25, 0.3) is 0 Å². The molecular formula is C9H12N2O2. The molecule has 1 aliphatic heterocycles. The summed E-state index contributed by atoms with van der Waals surface area (Å²) in [5.74, 6) is 0. The van der Waals surface area contributed by atoms with Crippen LogP contribution in [0.5, 0.6) is 0 Å². The van der Waals surface area contributed by atoms with Gasteiger partial charge in [0.2, 0.25) is 0 Å². The summed E-state index contributed by atoms with van der Waals surface area (Å²) in [5, 5.41) is 4.08. The van der Waals surface area contributed by atoms with E-state index in [1.54, 1.807) is 16.9 Å². The molecule has 0 radical (unpaired) electrons. The molecule has 1 aromatic rings. The molecule has 13 heavy (non-hydrogen) atoms. The highest BCUT2D eigenvalue weighted by molar-refractivity contribution is 5.71. The molecule has 0 bridgehead atoms. The van der Waals surface area contributed by atoms with E-state index in [0.29, 0.717) is 5.69 Å². The Morgan fingerprint density at radius 3 is 3.15 bits per heavy atom. The van der Waals surface area contributed by atoms with Gasteiger partial charge in [0.05, 0.1) is 0 Å². The summed E-state index contributed by atoms with van der Waals surface area (Å²) in [4.78, 5) is 10.4. The van der Waals surface area contributed by atoms with E-state index >= 15 is 0 Å². The largest absolute Gasteiger partial charge is 0.357 e. The molecule has 0 unspecified atom stereocenters. The molecular weight excluding hydrogens is 168 g/mol. The molecule has 4 heteroatoms. The van der Waals surface area contributed by atoms with E-state index in [4.69, 9.17) is 4.74 Å². The molecule has 1 atom stereocenters. The van der Waals surface area contributed by atoms with E-state index in [1.165, 1.54) is 6.42 Å². The molecule has 0 aromatic carbocycles. The van der Waals surface area contributed by atoms with Crippen LogP contribution in [-0.4, -0.2) is 22.7 Å². The van der Waals surface area contributed by atoms with E-state index < -0.39 is 0 Å². The average Bonchev–Trinajstić information content (AvgIpc) is 2.67. The lowest BCUT2D eigenvalue weighted by Crippen LogP contribution is -2.18. The number of hydrogen-bond donors (Lipinski definition) is 0. The van der Waals surface area contributed by atoms with Crippen molar-refractivity contribution in [1.82, 2.24) is 9.78 Å². The van der Waals surface area contributed by atoms with Crippen molar-refractivity contribution in [3.8, 4) is 0 Å². The van der Waals surface area contributed by atoms with Crippen molar-refractivity contribution in [2.45, 2.75) is 25.5 Å². The monoisotopic (exact) mass is 180 g/mol. The van der Waals surface area contributed by atoms with Gasteiger partial charge in [-0.15, -0.1) is 0 Å². The van der Waals surface area contributed by atoms with Crippen LogP contribution in [0, 0.1) is 0 Å².